The maximum atomic E-state index is 12.7. The molecule has 7 heteroatoms. The van der Waals surface area contributed by atoms with E-state index in [2.05, 4.69) is 10.3 Å². The van der Waals surface area contributed by atoms with Crippen LogP contribution >= 0.6 is 0 Å². The number of fused-ring (bicyclic) bond motifs is 1. The number of ether oxygens (including phenoxy) is 2. The topological polar surface area (TPSA) is 90.7 Å². The first kappa shape index (κ1) is 20.5. The van der Waals surface area contributed by atoms with Gasteiger partial charge in [-0.3, -0.25) is 4.79 Å². The Labute approximate surface area is 169 Å². The van der Waals surface area contributed by atoms with E-state index in [9.17, 15) is 9.59 Å². The Kier molecular flexibility index (Phi) is 6.97. The van der Waals surface area contributed by atoms with Crippen molar-refractivity contribution >= 4 is 22.8 Å². The number of furan rings is 1. The highest BCUT2D eigenvalue weighted by molar-refractivity contribution is 6.05. The van der Waals surface area contributed by atoms with Crippen molar-refractivity contribution in [3.8, 4) is 11.5 Å². The van der Waals surface area contributed by atoms with Crippen LogP contribution in [0.25, 0.3) is 22.4 Å². The molecule has 0 saturated heterocycles. The summed E-state index contributed by atoms with van der Waals surface area (Å²) < 4.78 is 16.0. The van der Waals surface area contributed by atoms with Crippen LogP contribution in [-0.2, 0) is 14.3 Å². The minimum atomic E-state index is -0.588. The molecule has 0 aliphatic heterocycles. The van der Waals surface area contributed by atoms with Gasteiger partial charge >= 0.3 is 5.97 Å². The number of hydrogen-bond donors (Lipinski definition) is 1. The first-order valence-electron chi connectivity index (χ1n) is 9.53. The van der Waals surface area contributed by atoms with E-state index < -0.39 is 5.97 Å². The second-order valence-electron chi connectivity index (χ2n) is 6.75. The number of nitrogens with zero attached hydrogens (tertiary/aromatic N) is 1. The van der Waals surface area contributed by atoms with Gasteiger partial charge in [0.05, 0.1) is 23.4 Å². The first-order chi connectivity index (χ1) is 14.0. The Morgan fingerprint density at radius 2 is 2.00 bits per heavy atom. The van der Waals surface area contributed by atoms with Crippen LogP contribution in [0.15, 0.2) is 53.1 Å². The number of hydrogen-bond acceptors (Lipinski definition) is 6. The first-order valence-corrected chi connectivity index (χ1v) is 9.53. The van der Waals surface area contributed by atoms with Crippen LogP contribution in [0.1, 0.15) is 30.6 Å². The summed E-state index contributed by atoms with van der Waals surface area (Å²) in [6.07, 6.45) is 2.40. The lowest BCUT2D eigenvalue weighted by molar-refractivity contribution is -0.124. The molecule has 0 saturated carbocycles. The Balaban J connectivity index is 1.64. The van der Waals surface area contributed by atoms with Gasteiger partial charge in [-0.05, 0) is 44.5 Å². The van der Waals surface area contributed by atoms with Gasteiger partial charge in [0.1, 0.15) is 5.69 Å². The third-order valence-corrected chi connectivity index (χ3v) is 4.14. The predicted octanol–water partition coefficient (Wildman–Crippen LogP) is 3.58. The van der Waals surface area contributed by atoms with E-state index in [4.69, 9.17) is 13.9 Å². The summed E-state index contributed by atoms with van der Waals surface area (Å²) in [5, 5.41) is 3.36. The van der Waals surface area contributed by atoms with Crippen LogP contribution in [0.2, 0.25) is 0 Å². The molecule has 0 unspecified atom stereocenters. The molecule has 152 valence electrons. The zero-order valence-electron chi connectivity index (χ0n) is 16.5. The number of aromatic nitrogens is 1. The summed E-state index contributed by atoms with van der Waals surface area (Å²) in [4.78, 5) is 29.1. The number of amides is 1. The van der Waals surface area contributed by atoms with Crippen LogP contribution in [0.3, 0.4) is 0 Å². The van der Waals surface area contributed by atoms with Crippen LogP contribution < -0.4 is 5.32 Å². The smallest absolute Gasteiger partial charge is 0.339 e. The van der Waals surface area contributed by atoms with Crippen LogP contribution in [0.5, 0.6) is 0 Å². The zero-order valence-corrected chi connectivity index (χ0v) is 16.5. The van der Waals surface area contributed by atoms with Gasteiger partial charge in [-0.2, -0.15) is 0 Å². The quantitative estimate of drug-likeness (QED) is 0.439. The van der Waals surface area contributed by atoms with Crippen molar-refractivity contribution in [2.45, 2.75) is 26.4 Å². The predicted molar refractivity (Wildman–Crippen MR) is 108 cm³/mol. The fourth-order valence-corrected chi connectivity index (χ4v) is 2.77. The molecule has 0 aliphatic rings. The third-order valence-electron chi connectivity index (χ3n) is 4.14. The Morgan fingerprint density at radius 3 is 2.76 bits per heavy atom. The number of esters is 1. The van der Waals surface area contributed by atoms with E-state index in [-0.39, 0.29) is 18.6 Å². The number of rotatable bonds is 9. The molecule has 1 amide bonds. The SMILES string of the molecule is CC(C)OCCCNC(=O)COC(=O)c1cc(-c2ccco2)nc2ccccc12. The summed E-state index contributed by atoms with van der Waals surface area (Å²) in [7, 11) is 0. The molecule has 0 radical (unpaired) electrons. The molecule has 1 aromatic carbocycles. The number of carbonyl (C=O) groups excluding carboxylic acids is 2. The molecule has 7 nitrogen and oxygen atoms in total. The van der Waals surface area contributed by atoms with Gasteiger partial charge < -0.3 is 19.2 Å². The van der Waals surface area contributed by atoms with Gasteiger partial charge in [0.2, 0.25) is 0 Å². The van der Waals surface area contributed by atoms with Crippen molar-refractivity contribution in [2.75, 3.05) is 19.8 Å². The van der Waals surface area contributed by atoms with Crippen LogP contribution in [0, 0.1) is 0 Å². The number of carbonyl (C=O) groups is 2. The van der Waals surface area contributed by atoms with E-state index >= 15 is 0 Å². The molecule has 3 rings (SSSR count). The van der Waals surface area contributed by atoms with Crippen molar-refractivity contribution in [1.82, 2.24) is 10.3 Å². The van der Waals surface area contributed by atoms with Crippen molar-refractivity contribution in [3.05, 3.63) is 54.3 Å². The van der Waals surface area contributed by atoms with E-state index in [1.165, 1.54) is 0 Å². The maximum Gasteiger partial charge on any atom is 0.339 e. The molecule has 0 bridgehead atoms. The molecule has 0 fully saturated rings. The highest BCUT2D eigenvalue weighted by Crippen LogP contribution is 2.25. The van der Waals surface area contributed by atoms with Crippen molar-refractivity contribution in [3.63, 3.8) is 0 Å². The van der Waals surface area contributed by atoms with Gasteiger partial charge in [0, 0.05) is 18.5 Å². The fourth-order valence-electron chi connectivity index (χ4n) is 2.77. The second-order valence-corrected chi connectivity index (χ2v) is 6.75. The average Bonchev–Trinajstić information content (AvgIpc) is 3.25. The van der Waals surface area contributed by atoms with Crippen LogP contribution in [-0.4, -0.2) is 42.7 Å². The van der Waals surface area contributed by atoms with E-state index in [1.54, 1.807) is 30.5 Å². The van der Waals surface area contributed by atoms with Crippen molar-refractivity contribution in [2.24, 2.45) is 0 Å². The minimum Gasteiger partial charge on any atom is -0.463 e. The molecule has 0 atom stereocenters. The molecule has 3 aromatic rings. The second kappa shape index (κ2) is 9.84. The molecule has 2 aromatic heterocycles. The molecular weight excluding hydrogens is 372 g/mol. The molecule has 0 spiro atoms. The van der Waals surface area contributed by atoms with Crippen LogP contribution in [0.4, 0.5) is 0 Å². The standard InChI is InChI=1S/C22H24N2O5/c1-15(2)27-12-6-10-23-21(25)14-29-22(26)17-13-19(20-9-5-11-28-20)24-18-8-4-3-7-16(17)18/h3-5,7-9,11,13,15H,6,10,12,14H2,1-2H3,(H,23,25). The number of para-hydroxylation sites is 1. The highest BCUT2D eigenvalue weighted by Gasteiger charge is 2.17. The average molecular weight is 396 g/mol. The molecule has 2 heterocycles. The zero-order chi connectivity index (χ0) is 20.6. The largest absolute Gasteiger partial charge is 0.463 e. The number of benzene rings is 1. The monoisotopic (exact) mass is 396 g/mol. The Hall–Kier alpha value is -3.19. The molecule has 0 aliphatic carbocycles. The third kappa shape index (κ3) is 5.65. The lowest BCUT2D eigenvalue weighted by atomic mass is 10.1. The Bertz CT molecular complexity index is 967. The van der Waals surface area contributed by atoms with Gasteiger partial charge in [-0.25, -0.2) is 9.78 Å². The summed E-state index contributed by atoms with van der Waals surface area (Å²) in [5.74, 6) is -0.395. The van der Waals surface area contributed by atoms with E-state index in [1.807, 2.05) is 32.0 Å². The van der Waals surface area contributed by atoms with Gasteiger partial charge in [0.15, 0.2) is 12.4 Å². The number of nitrogens with one attached hydrogen (secondary N) is 1. The summed E-state index contributed by atoms with van der Waals surface area (Å²) in [6.45, 7) is 4.59. The van der Waals surface area contributed by atoms with Gasteiger partial charge in [-0.1, -0.05) is 18.2 Å². The van der Waals surface area contributed by atoms with Gasteiger partial charge in [-0.15, -0.1) is 0 Å². The maximum absolute atomic E-state index is 12.7. The lowest BCUT2D eigenvalue weighted by Crippen LogP contribution is -2.30. The molecular formula is C22H24N2O5. The molecule has 1 N–H and O–H groups in total. The fraction of sp³-hybridized carbons (Fsp3) is 0.318. The van der Waals surface area contributed by atoms with E-state index in [0.717, 1.165) is 0 Å². The van der Waals surface area contributed by atoms with Gasteiger partial charge in [0.25, 0.3) is 5.91 Å². The normalized spacial score (nSPS) is 11.0. The number of pyridine rings is 1. The summed E-state index contributed by atoms with van der Waals surface area (Å²) in [6, 6.07) is 12.4. The highest BCUT2D eigenvalue weighted by atomic mass is 16.5. The minimum absolute atomic E-state index is 0.160. The lowest BCUT2D eigenvalue weighted by Gasteiger charge is -2.10. The molecule has 29 heavy (non-hydrogen) atoms. The van der Waals surface area contributed by atoms with E-state index in [0.29, 0.717) is 47.5 Å². The summed E-state index contributed by atoms with van der Waals surface area (Å²) in [5.41, 5.74) is 1.50. The Morgan fingerprint density at radius 1 is 1.17 bits per heavy atom. The summed E-state index contributed by atoms with van der Waals surface area (Å²) >= 11 is 0. The van der Waals surface area contributed by atoms with Crippen molar-refractivity contribution in [1.29, 1.82) is 0 Å². The van der Waals surface area contributed by atoms with Crippen molar-refractivity contribution < 1.29 is 23.5 Å².